The molecule has 3 aliphatic rings. The average Bonchev–Trinajstić information content (AvgIpc) is 3.53. The lowest BCUT2D eigenvalue weighted by Crippen LogP contribution is -2.46. The number of urea groups is 1. The predicted octanol–water partition coefficient (Wildman–Crippen LogP) is 0.587. The second-order valence-electron chi connectivity index (χ2n) is 19.4. The molecule has 37 heteroatoms. The summed E-state index contributed by atoms with van der Waals surface area (Å²) in [5, 5.41) is 21.9. The van der Waals surface area contributed by atoms with Crippen LogP contribution in [-0.2, 0) is 79.9 Å². The lowest BCUT2D eigenvalue weighted by molar-refractivity contribution is -0.140. The number of fused-ring (bicyclic) bond motifs is 4. The average molecular weight is 1220 g/mol. The van der Waals surface area contributed by atoms with Crippen molar-refractivity contribution in [3.05, 3.63) is 25.3 Å². The van der Waals surface area contributed by atoms with Crippen molar-refractivity contribution >= 4 is 112 Å². The van der Waals surface area contributed by atoms with Crippen LogP contribution >= 0.6 is 13.4 Å². The molecule has 4 aromatic rings. The summed E-state index contributed by atoms with van der Waals surface area (Å²) in [6.45, 7) is -5.46. The number of hydrogen-bond donors (Lipinski definition) is 10. The van der Waals surface area contributed by atoms with Gasteiger partial charge in [-0.05, 0) is 48.8 Å². The molecule has 0 bridgehead atoms. The third-order valence-electron chi connectivity index (χ3n) is 13.0. The number of carbonyl (C=O) groups excluding carboxylic acids is 6. The van der Waals surface area contributed by atoms with Gasteiger partial charge in [0.1, 0.15) is 42.6 Å². The summed E-state index contributed by atoms with van der Waals surface area (Å²) >= 11 is 10.5. The van der Waals surface area contributed by atoms with Crippen LogP contribution in [0.5, 0.6) is 0 Å². The van der Waals surface area contributed by atoms with Gasteiger partial charge in [-0.3, -0.25) is 46.9 Å². The van der Waals surface area contributed by atoms with E-state index >= 15 is 8.78 Å². The number of anilines is 2. The van der Waals surface area contributed by atoms with Gasteiger partial charge in [0.25, 0.3) is 0 Å². The number of aromatic nitrogens is 8. The van der Waals surface area contributed by atoms with Gasteiger partial charge in [0.05, 0.1) is 38.3 Å². The first-order valence-electron chi connectivity index (χ1n) is 25.3. The number of halogens is 2. The van der Waals surface area contributed by atoms with Crippen molar-refractivity contribution in [3.63, 3.8) is 0 Å². The number of Topliss-reactive ketones (excluding diaryl/α,β-unsaturated/α-hetero) is 1. The number of amides is 6. The van der Waals surface area contributed by atoms with Crippen LogP contribution in [0.2, 0.25) is 0 Å². The SMILES string of the molecule is CC(CC(=O)O)C(=O)NCCC(=O)N[C@H](C(=O)C[C@@H](CCCNC(N)=O)C(=O)NCCCC(=O)Nc1ncnc2c1ncn2[C@@H]1O[C@@H]2COP(O)(=S)O[C@H]3[C@@H](F)[C@H](n4cnc5c(N)ncnc54)O[C@@H]3COP(O)(=S)O[C@H]2[C@H]1F)C(C)C. The number of hydrogen-bond acceptors (Lipinski definition) is 22. The van der Waals surface area contributed by atoms with Gasteiger partial charge in [0.15, 0.2) is 59.0 Å². The Hall–Kier alpha value is -5.97. The van der Waals surface area contributed by atoms with Crippen LogP contribution in [0.4, 0.5) is 25.2 Å². The fraction of sp³-hybridized carbons (Fsp3) is 0.614. The molecule has 0 radical (unpaired) electrons. The molecular weight excluding hydrogens is 1160 g/mol. The molecule has 31 nitrogen and oxygen atoms in total. The van der Waals surface area contributed by atoms with E-state index < -0.39 is 147 Å². The molecule has 12 N–H and O–H groups in total. The van der Waals surface area contributed by atoms with Gasteiger partial charge in [-0.25, -0.2) is 43.5 Å². The Morgan fingerprint density at radius 2 is 1.30 bits per heavy atom. The Morgan fingerprint density at radius 1 is 0.741 bits per heavy atom. The van der Waals surface area contributed by atoms with Crippen molar-refractivity contribution in [2.24, 2.45) is 23.5 Å². The van der Waals surface area contributed by atoms with Crippen molar-refractivity contribution in [2.75, 3.05) is 43.9 Å². The van der Waals surface area contributed by atoms with Crippen molar-refractivity contribution in [2.45, 2.75) is 121 Å². The first-order chi connectivity index (χ1) is 38.3. The highest BCUT2D eigenvalue weighted by Gasteiger charge is 2.54. The van der Waals surface area contributed by atoms with Gasteiger partial charge in [-0.2, -0.15) is 0 Å². The molecule has 3 unspecified atom stereocenters. The van der Waals surface area contributed by atoms with Gasteiger partial charge >= 0.3 is 25.4 Å². The minimum Gasteiger partial charge on any atom is -0.481 e. The molecule has 6 amide bonds. The summed E-state index contributed by atoms with van der Waals surface area (Å²) in [6, 6.07) is -1.79. The maximum atomic E-state index is 16.7. The standard InChI is InChI=1S/C44H61F2N15O16P2S2/c1-20(2)31(58-27(64)8-11-50-40(67)21(3)12-28(65)66)23(62)13-22(6-4-10-51-44(48)69)41(68)49-9-5-7-26(63)59-37-33-39(55-17-53-37)61(19-57-33)43-30(46)35-25(75-43)15-73-78(70,80)76-34-24(14-72-79(71,81)77-35)74-42(29(34)45)60-18-56-32-36(47)52-16-54-38(32)60/h16-22,24-25,29-31,34-35,42-43H,4-15H2,1-3H3,(H,49,68)(H,50,67)(H,58,64)(H,65,66)(H,70,80)(H,71,81)(H2,47,52,54)(H3,48,51,69)(H,53,55,59,63)/t21?,22-,24-,25-,29-,30-,31+,34-,35-,42-,43-,78?,79?/m1/s1. The van der Waals surface area contributed by atoms with E-state index in [1.54, 1.807) is 13.8 Å². The number of rotatable bonds is 23. The Kier molecular flexibility index (Phi) is 21.2. The number of carbonyl (C=O) groups is 7. The van der Waals surface area contributed by atoms with E-state index in [1.165, 1.54) is 17.8 Å². The van der Waals surface area contributed by atoms with E-state index in [0.29, 0.717) is 0 Å². The van der Waals surface area contributed by atoms with E-state index in [9.17, 15) is 43.3 Å². The van der Waals surface area contributed by atoms with E-state index in [1.807, 2.05) is 0 Å². The van der Waals surface area contributed by atoms with Crippen LogP contribution in [0, 0.1) is 17.8 Å². The lowest BCUT2D eigenvalue weighted by atomic mass is 9.89. The number of nitrogens with two attached hydrogens (primary N) is 2. The number of nitrogens with zero attached hydrogens (tertiary/aromatic N) is 8. The minimum atomic E-state index is -4.43. The van der Waals surface area contributed by atoms with E-state index in [4.69, 9.17) is 67.8 Å². The Morgan fingerprint density at radius 3 is 1.88 bits per heavy atom. The second-order valence-corrected chi connectivity index (χ2v) is 25.0. The summed E-state index contributed by atoms with van der Waals surface area (Å²) in [5.41, 5.74) is 11.3. The molecule has 4 aromatic heterocycles. The number of imidazole rings is 2. The fourth-order valence-electron chi connectivity index (χ4n) is 8.99. The molecule has 444 valence electrons. The predicted molar refractivity (Wildman–Crippen MR) is 284 cm³/mol. The molecule has 0 spiro atoms. The number of nitrogen functional groups attached to an aromatic ring is 1. The zero-order valence-corrected chi connectivity index (χ0v) is 47.0. The summed E-state index contributed by atoms with van der Waals surface area (Å²) in [6.07, 6.45) is -9.73. The fourth-order valence-corrected chi connectivity index (χ4v) is 11.9. The monoisotopic (exact) mass is 1220 g/mol. The highest BCUT2D eigenvalue weighted by Crippen LogP contribution is 2.55. The van der Waals surface area contributed by atoms with E-state index in [0.717, 1.165) is 23.5 Å². The van der Waals surface area contributed by atoms with Crippen molar-refractivity contribution in [1.29, 1.82) is 0 Å². The molecular formula is C44H61F2N15O16P2S2. The first kappa shape index (κ1) is 62.6. The molecule has 3 fully saturated rings. The normalized spacial score (nSPS) is 27.0. The molecule has 0 aliphatic carbocycles. The van der Waals surface area contributed by atoms with Crippen LogP contribution in [0.3, 0.4) is 0 Å². The van der Waals surface area contributed by atoms with Crippen LogP contribution in [-0.4, -0.2) is 171 Å². The van der Waals surface area contributed by atoms with Crippen molar-refractivity contribution < 1.29 is 84.8 Å². The summed E-state index contributed by atoms with van der Waals surface area (Å²) < 4.78 is 69.7. The number of alkyl halides is 2. The number of ether oxygens (including phenoxy) is 2. The number of aliphatic carboxylic acids is 1. The summed E-state index contributed by atoms with van der Waals surface area (Å²) in [4.78, 5) is 135. The largest absolute Gasteiger partial charge is 0.481 e. The Bertz CT molecular complexity index is 3080. The topological polar surface area (TPSA) is 435 Å². The second kappa shape index (κ2) is 27.4. The number of carboxylic acid groups (broad SMARTS) is 1. The molecule has 0 aromatic carbocycles. The van der Waals surface area contributed by atoms with Gasteiger partial charge in [-0.1, -0.05) is 20.8 Å². The smallest absolute Gasteiger partial charge is 0.325 e. The number of nitrogens with one attached hydrogen (secondary N) is 5. The molecule has 3 aliphatic heterocycles. The number of primary amides is 1. The zero-order chi connectivity index (χ0) is 58.9. The third-order valence-corrected chi connectivity index (χ3v) is 16.2. The summed E-state index contributed by atoms with van der Waals surface area (Å²) in [7, 11) is 0. The van der Waals surface area contributed by atoms with Crippen molar-refractivity contribution in [3.8, 4) is 0 Å². The minimum absolute atomic E-state index is 0.0123. The Balaban J connectivity index is 0.937. The van der Waals surface area contributed by atoms with Crippen LogP contribution in [0.25, 0.3) is 22.3 Å². The number of carboxylic acids is 1. The van der Waals surface area contributed by atoms with Crippen LogP contribution < -0.4 is 38.1 Å². The van der Waals surface area contributed by atoms with Gasteiger partial charge in [0.2, 0.25) is 23.6 Å². The number of ketones is 1. The quantitative estimate of drug-likeness (QED) is 0.0359. The van der Waals surface area contributed by atoms with Gasteiger partial charge in [0, 0.05) is 50.7 Å². The van der Waals surface area contributed by atoms with Crippen molar-refractivity contribution in [1.82, 2.24) is 60.3 Å². The van der Waals surface area contributed by atoms with E-state index in [-0.39, 0.29) is 92.1 Å². The molecule has 0 saturated carbocycles. The van der Waals surface area contributed by atoms with Crippen LogP contribution in [0.1, 0.15) is 78.2 Å². The first-order valence-corrected chi connectivity index (χ1v) is 30.4. The van der Waals surface area contributed by atoms with Crippen LogP contribution in [0.15, 0.2) is 25.3 Å². The molecule has 3 saturated heterocycles. The van der Waals surface area contributed by atoms with Gasteiger partial charge in [-0.15, -0.1) is 0 Å². The zero-order valence-electron chi connectivity index (χ0n) is 43.6. The lowest BCUT2D eigenvalue weighted by Gasteiger charge is -2.29. The van der Waals surface area contributed by atoms with Gasteiger partial charge < -0.3 is 71.5 Å². The summed E-state index contributed by atoms with van der Waals surface area (Å²) in [5.74, 6) is -6.07. The molecule has 81 heavy (non-hydrogen) atoms. The Labute approximate surface area is 469 Å². The highest BCUT2D eigenvalue weighted by molar-refractivity contribution is 8.07. The maximum Gasteiger partial charge on any atom is 0.325 e. The molecule has 7 heterocycles. The molecule has 13 atom stereocenters. The van der Waals surface area contributed by atoms with E-state index in [2.05, 4.69) is 56.5 Å². The highest BCUT2D eigenvalue weighted by atomic mass is 32.5. The third kappa shape index (κ3) is 16.2. The molecule has 7 rings (SSSR count). The maximum absolute atomic E-state index is 16.7.